The summed E-state index contributed by atoms with van der Waals surface area (Å²) in [6, 6.07) is 20.2. The highest BCUT2D eigenvalue weighted by Crippen LogP contribution is 2.31. The van der Waals surface area contributed by atoms with Crippen molar-refractivity contribution in [3.8, 4) is 5.75 Å². The standard InChI is InChI=1S/C26H40IO2Si.C24BF20/c1-2-3-4-5-6-7-8-9-10-14-17-25(28)22-30-29-26-20-18-24(19-21-26)27-23-15-12-11-13-16-23;26-5-1(6(27)14(35)21(42)13(5)34)25(2-7(28)15(36)22(43)16(37)8(2)29,3-9(30)17(38)23(44)18(39)10(3)31)4-11(32)19(40)24(45)20(41)12(4)33/h11-13,15-16,18-21,25,28H,2-10,14,17,22,30H2,1H3;/q+1;-1. The summed E-state index contributed by atoms with van der Waals surface area (Å²) in [5.74, 6) is -70.4. The largest absolute Gasteiger partial charge is 0.549 e. The van der Waals surface area contributed by atoms with Crippen molar-refractivity contribution in [1.82, 2.24) is 0 Å². The van der Waals surface area contributed by atoms with E-state index in [-0.39, 0.29) is 27.3 Å². The van der Waals surface area contributed by atoms with E-state index in [1.165, 1.54) is 64.9 Å². The third-order valence-corrected chi connectivity index (χ3v) is 16.2. The smallest absolute Gasteiger partial charge is 0.357 e. The Morgan fingerprint density at radius 3 is 0.987 bits per heavy atom. The van der Waals surface area contributed by atoms with Crippen LogP contribution in [0.1, 0.15) is 77.6 Å². The van der Waals surface area contributed by atoms with E-state index in [1.807, 2.05) is 0 Å². The van der Waals surface area contributed by atoms with Gasteiger partial charge in [0.05, 0.1) is 6.10 Å². The zero-order valence-electron chi connectivity index (χ0n) is 38.8. The number of benzene rings is 6. The van der Waals surface area contributed by atoms with Crippen LogP contribution in [-0.2, 0) is 0 Å². The molecule has 0 aliphatic heterocycles. The van der Waals surface area contributed by atoms with Crippen LogP contribution in [0, 0.1) is 123 Å². The molecular weight excluding hydrogens is 1180 g/mol. The van der Waals surface area contributed by atoms with Crippen molar-refractivity contribution in [1.29, 1.82) is 0 Å². The van der Waals surface area contributed by atoms with E-state index in [1.54, 1.807) is 0 Å². The van der Waals surface area contributed by atoms with Gasteiger partial charge in [-0.3, -0.25) is 0 Å². The van der Waals surface area contributed by atoms with Crippen LogP contribution in [0.2, 0.25) is 6.04 Å². The van der Waals surface area contributed by atoms with E-state index >= 15 is 35.1 Å². The van der Waals surface area contributed by atoms with Gasteiger partial charge in [0.2, 0.25) is 9.76 Å². The molecule has 0 amide bonds. The maximum Gasteiger partial charge on any atom is 0.357 e. The zero-order chi connectivity index (χ0) is 55.6. The highest BCUT2D eigenvalue weighted by molar-refractivity contribution is 7.20. The van der Waals surface area contributed by atoms with Gasteiger partial charge in [-0.2, -0.15) is 0 Å². The number of aliphatic hydroxyl groups excluding tert-OH is 1. The van der Waals surface area contributed by atoms with Crippen molar-refractivity contribution in [3.63, 3.8) is 0 Å². The monoisotopic (exact) mass is 1220 g/mol. The Kier molecular flexibility index (Phi) is 21.5. The third kappa shape index (κ3) is 12.8. The number of hydrogen-bond acceptors (Lipinski definition) is 2. The molecule has 0 spiro atoms. The summed E-state index contributed by atoms with van der Waals surface area (Å²) >= 11 is -0.110. The molecule has 0 bridgehead atoms. The van der Waals surface area contributed by atoms with Crippen molar-refractivity contribution in [2.75, 3.05) is 0 Å². The molecule has 1 unspecified atom stereocenters. The molecule has 0 aromatic heterocycles. The molecule has 75 heavy (non-hydrogen) atoms. The number of rotatable bonds is 21. The van der Waals surface area contributed by atoms with Crippen LogP contribution in [-0.4, -0.2) is 27.1 Å². The molecule has 0 radical (unpaired) electrons. The minimum absolute atomic E-state index is 0.110. The number of hydrogen-bond donors (Lipinski definition) is 1. The second-order valence-corrected chi connectivity index (χ2v) is 21.2. The van der Waals surface area contributed by atoms with Crippen LogP contribution in [0.4, 0.5) is 87.8 Å². The summed E-state index contributed by atoms with van der Waals surface area (Å²) in [7, 11) is -0.703. The predicted molar refractivity (Wildman–Crippen MR) is 236 cm³/mol. The Bertz CT molecular complexity index is 2590. The Balaban J connectivity index is 0.000000301. The van der Waals surface area contributed by atoms with Gasteiger partial charge in [0.25, 0.3) is 0 Å². The van der Waals surface area contributed by atoms with E-state index in [0.717, 1.165) is 24.6 Å². The molecular formula is C50H40BF20IO2Si. The minimum Gasteiger partial charge on any atom is -0.549 e. The van der Waals surface area contributed by atoms with Gasteiger partial charge < -0.3 is 9.53 Å². The van der Waals surface area contributed by atoms with Crippen molar-refractivity contribution >= 4 is 37.8 Å². The summed E-state index contributed by atoms with van der Waals surface area (Å²) in [5, 5.41) is 10.2. The highest BCUT2D eigenvalue weighted by Gasteiger charge is 2.52. The number of aliphatic hydroxyl groups is 1. The predicted octanol–water partition coefficient (Wildman–Crippen LogP) is 9.21. The average Bonchev–Trinajstić information content (AvgIpc) is 3.40. The van der Waals surface area contributed by atoms with Crippen molar-refractivity contribution < 1.29 is 119 Å². The quantitative estimate of drug-likeness (QED) is 0.0195. The third-order valence-electron chi connectivity index (χ3n) is 12.1. The second kappa shape index (κ2) is 26.6. The molecule has 0 saturated carbocycles. The van der Waals surface area contributed by atoms with Gasteiger partial charge in [0, 0.05) is 0 Å². The van der Waals surface area contributed by atoms with E-state index in [4.69, 9.17) is 4.43 Å². The van der Waals surface area contributed by atoms with Crippen LogP contribution in [0.5, 0.6) is 5.75 Å². The fourth-order valence-corrected chi connectivity index (χ4v) is 11.7. The average molecular weight is 1220 g/mol. The molecule has 6 aromatic rings. The molecule has 2 nitrogen and oxygen atoms in total. The Labute approximate surface area is 428 Å². The number of unbranched alkanes of at least 4 members (excludes halogenated alkanes) is 9. The normalized spacial score (nSPS) is 12.2. The van der Waals surface area contributed by atoms with E-state index < -0.39 is 154 Å². The van der Waals surface area contributed by atoms with Gasteiger partial charge in [-0.15, -0.1) is 21.9 Å². The Morgan fingerprint density at radius 2 is 0.667 bits per heavy atom. The first-order chi connectivity index (χ1) is 35.5. The molecule has 0 saturated heterocycles. The maximum atomic E-state index is 15.4. The highest BCUT2D eigenvalue weighted by atomic mass is 127. The summed E-state index contributed by atoms with van der Waals surface area (Å²) in [4.78, 5) is 0. The maximum absolute atomic E-state index is 15.4. The molecule has 0 aliphatic carbocycles. The molecule has 0 aliphatic rings. The fraction of sp³-hybridized carbons (Fsp3) is 0.280. The van der Waals surface area contributed by atoms with E-state index in [2.05, 4.69) is 61.5 Å². The lowest BCUT2D eigenvalue weighted by molar-refractivity contribution is -0.597. The summed E-state index contributed by atoms with van der Waals surface area (Å²) in [6.45, 7) is 2.27. The van der Waals surface area contributed by atoms with Crippen LogP contribution < -0.4 is 47.5 Å². The first-order valence-corrected chi connectivity index (χ1v) is 26.6. The Hall–Kier alpha value is -5.31. The molecule has 0 heterocycles. The van der Waals surface area contributed by atoms with Crippen LogP contribution in [0.25, 0.3) is 0 Å². The van der Waals surface area contributed by atoms with Crippen molar-refractivity contribution in [2.24, 2.45) is 0 Å². The van der Waals surface area contributed by atoms with Gasteiger partial charge in [0.1, 0.15) is 58.4 Å². The SMILES string of the molecule is CCCCCCCCCCCCC(O)C[SiH2]Oc1ccc([I+]c2ccccc2)cc1.Fc1c(F)c(F)c([B-](c2c(F)c(F)c(F)c(F)c2F)(c2c(F)c(F)c(F)c(F)c2F)c2c(F)c(F)c(F)c(F)c2F)c(F)c1F. The second-order valence-electron chi connectivity index (χ2n) is 16.9. The van der Waals surface area contributed by atoms with Gasteiger partial charge >= 0.3 is 21.2 Å². The summed E-state index contributed by atoms with van der Waals surface area (Å²) in [5.41, 5.74) is -14.3. The van der Waals surface area contributed by atoms with Gasteiger partial charge in [-0.05, 0) is 48.9 Å². The molecule has 25 heteroatoms. The summed E-state index contributed by atoms with van der Waals surface area (Å²) < 4.78 is 303. The first-order valence-electron chi connectivity index (χ1n) is 22.8. The lowest BCUT2D eigenvalue weighted by Crippen LogP contribution is -3.61. The van der Waals surface area contributed by atoms with Crippen LogP contribution >= 0.6 is 0 Å². The lowest BCUT2D eigenvalue weighted by Gasteiger charge is -2.44. The fourth-order valence-electron chi connectivity index (χ4n) is 8.40. The molecule has 0 fully saturated rings. The molecule has 406 valence electrons. The molecule has 6 aromatic carbocycles. The molecule has 1 atom stereocenters. The Morgan fingerprint density at radius 1 is 0.387 bits per heavy atom. The van der Waals surface area contributed by atoms with Crippen LogP contribution in [0.15, 0.2) is 54.6 Å². The molecule has 6 rings (SSSR count). The van der Waals surface area contributed by atoms with E-state index in [0.29, 0.717) is 0 Å². The molecule has 1 N–H and O–H groups in total. The van der Waals surface area contributed by atoms with Crippen molar-refractivity contribution in [2.45, 2.75) is 89.7 Å². The summed E-state index contributed by atoms with van der Waals surface area (Å²) in [6.07, 6.45) is 7.00. The number of halogens is 21. The zero-order valence-corrected chi connectivity index (χ0v) is 42.4. The van der Waals surface area contributed by atoms with Gasteiger partial charge in [-0.1, -0.05) is 89.3 Å². The van der Waals surface area contributed by atoms with Gasteiger partial charge in [0.15, 0.2) is 76.9 Å². The minimum atomic E-state index is -7.22. The lowest BCUT2D eigenvalue weighted by atomic mass is 9.12. The van der Waals surface area contributed by atoms with E-state index in [9.17, 15) is 57.8 Å². The van der Waals surface area contributed by atoms with Crippen LogP contribution in [0.3, 0.4) is 0 Å². The van der Waals surface area contributed by atoms with Gasteiger partial charge in [-0.25, -0.2) is 87.8 Å². The topological polar surface area (TPSA) is 29.5 Å². The first kappa shape index (κ1) is 60.6. The van der Waals surface area contributed by atoms with Crippen molar-refractivity contribution in [3.05, 3.63) is 178 Å².